The summed E-state index contributed by atoms with van der Waals surface area (Å²) in [6.07, 6.45) is 2.00. The molecule has 1 aromatic rings. The Morgan fingerprint density at radius 2 is 1.61 bits per heavy atom. The average molecular weight is 407 g/mol. The molecule has 4 nitrogen and oxygen atoms in total. The van der Waals surface area contributed by atoms with Gasteiger partial charge in [0.05, 0.1) is 23.2 Å². The van der Waals surface area contributed by atoms with Crippen molar-refractivity contribution in [1.29, 1.82) is 0 Å². The van der Waals surface area contributed by atoms with E-state index in [0.29, 0.717) is 11.6 Å². The topological polar surface area (TPSA) is 30.9 Å². The lowest BCUT2D eigenvalue weighted by Gasteiger charge is -2.47. The predicted molar refractivity (Wildman–Crippen MR) is 116 cm³/mol. The molecule has 1 aliphatic rings. The highest BCUT2D eigenvalue weighted by Gasteiger charge is 2.44. The van der Waals surface area contributed by atoms with Gasteiger partial charge in [-0.2, -0.15) is 0 Å². The molecule has 0 aliphatic carbocycles. The first-order chi connectivity index (χ1) is 12.7. The number of hydrogen-bond acceptors (Lipinski definition) is 4. The highest BCUT2D eigenvalue weighted by Crippen LogP contribution is 2.37. The van der Waals surface area contributed by atoms with E-state index in [1.54, 1.807) is 0 Å². The van der Waals surface area contributed by atoms with Gasteiger partial charge in [-0.25, -0.2) is 0 Å². The van der Waals surface area contributed by atoms with Gasteiger partial charge in [-0.3, -0.25) is 0 Å². The lowest BCUT2D eigenvalue weighted by Crippen LogP contribution is -2.56. The Balaban J connectivity index is 2.56. The fourth-order valence-electron chi connectivity index (χ4n) is 2.82. The number of rotatable bonds is 2. The lowest BCUT2D eigenvalue weighted by molar-refractivity contribution is -0.133. The molecule has 0 saturated carbocycles. The smallest absolute Gasteiger partial charge is 0.326 e. The highest BCUT2D eigenvalue weighted by molar-refractivity contribution is 6.33. The molecule has 1 aliphatic heterocycles. The number of ether oxygens (including phenoxy) is 2. The van der Waals surface area contributed by atoms with Gasteiger partial charge in [0.2, 0.25) is 0 Å². The molecule has 6 heteroatoms. The molecule has 0 amide bonds. The van der Waals surface area contributed by atoms with Gasteiger partial charge in [-0.15, -0.1) is 0 Å². The van der Waals surface area contributed by atoms with Crippen molar-refractivity contribution in [2.45, 2.75) is 77.6 Å². The van der Waals surface area contributed by atoms with Gasteiger partial charge in [0.25, 0.3) is 0 Å². The van der Waals surface area contributed by atoms with E-state index in [0.717, 1.165) is 11.4 Å². The molecule has 1 radical (unpaired) electrons. The fourth-order valence-corrected chi connectivity index (χ4v) is 2.94. The van der Waals surface area contributed by atoms with Crippen LogP contribution in [-0.2, 0) is 19.6 Å². The molecule has 2 rings (SSSR count). The van der Waals surface area contributed by atoms with Gasteiger partial charge >= 0.3 is 7.48 Å². The molecule has 0 saturated heterocycles. The largest absolute Gasteiger partial charge is 0.474 e. The van der Waals surface area contributed by atoms with Crippen LogP contribution in [-0.4, -0.2) is 42.8 Å². The molecular weight excluding hydrogens is 373 g/mol. The van der Waals surface area contributed by atoms with Crippen molar-refractivity contribution in [3.05, 3.63) is 46.8 Å². The van der Waals surface area contributed by atoms with Gasteiger partial charge in [0, 0.05) is 18.1 Å². The summed E-state index contributed by atoms with van der Waals surface area (Å²) in [5.74, 6) is 0.736. The molecule has 0 fully saturated rings. The average Bonchev–Trinajstić information content (AvgIpc) is 2.56. The molecular formula is C22H34BClNO3. The Kier molecular flexibility index (Phi) is 6.54. The first kappa shape index (κ1) is 23.1. The van der Waals surface area contributed by atoms with Gasteiger partial charge in [0.15, 0.2) is 5.88 Å². The molecule has 0 spiro atoms. The zero-order chi connectivity index (χ0) is 21.4. The van der Waals surface area contributed by atoms with Gasteiger partial charge in [-0.1, -0.05) is 23.7 Å². The summed E-state index contributed by atoms with van der Waals surface area (Å²) in [6.45, 7) is 16.8. The summed E-state index contributed by atoms with van der Waals surface area (Å²) in [5.41, 5.74) is -0.896. The Labute approximate surface area is 176 Å². The predicted octanol–water partition coefficient (Wildman–Crippen LogP) is 5.32. The van der Waals surface area contributed by atoms with Crippen LogP contribution in [0.5, 0.6) is 0 Å². The zero-order valence-electron chi connectivity index (χ0n) is 18.7. The molecule has 0 N–H and O–H groups in total. The molecule has 1 aromatic carbocycles. The minimum Gasteiger partial charge on any atom is -0.474 e. The third kappa shape index (κ3) is 5.05. The van der Waals surface area contributed by atoms with Gasteiger partial charge < -0.3 is 19.0 Å². The Hall–Kier alpha value is -1.17. The van der Waals surface area contributed by atoms with Crippen molar-refractivity contribution in [2.24, 2.45) is 0 Å². The maximum Gasteiger partial charge on any atom is 0.326 e. The zero-order valence-corrected chi connectivity index (χ0v) is 19.5. The second-order valence-corrected chi connectivity index (χ2v) is 9.97. The van der Waals surface area contributed by atoms with E-state index in [-0.39, 0.29) is 5.60 Å². The second kappa shape index (κ2) is 7.93. The summed E-state index contributed by atoms with van der Waals surface area (Å²) in [7, 11) is 3.89. The van der Waals surface area contributed by atoms with Crippen molar-refractivity contribution in [3.8, 4) is 0 Å². The van der Waals surface area contributed by atoms with Gasteiger partial charge in [0.1, 0.15) is 5.60 Å². The van der Waals surface area contributed by atoms with E-state index in [1.807, 2.05) is 93.3 Å². The van der Waals surface area contributed by atoms with Crippen molar-refractivity contribution in [3.63, 3.8) is 0 Å². The molecule has 1 atom stereocenters. The second-order valence-electron chi connectivity index (χ2n) is 9.54. The quantitative estimate of drug-likeness (QED) is 0.622. The van der Waals surface area contributed by atoms with Gasteiger partial charge in [-0.05, 0) is 73.1 Å². The lowest BCUT2D eigenvalue weighted by atomic mass is 9.66. The van der Waals surface area contributed by atoms with E-state index >= 15 is 0 Å². The normalized spacial score (nSPS) is 27.4. The number of benzene rings is 1. The third-order valence-electron chi connectivity index (χ3n) is 5.60. The summed E-state index contributed by atoms with van der Waals surface area (Å²) in [5, 5.41) is 0.701. The molecule has 0 aromatic heterocycles. The summed E-state index contributed by atoms with van der Waals surface area (Å²) >= 11 is 6.13. The van der Waals surface area contributed by atoms with Crippen LogP contribution in [0.3, 0.4) is 0 Å². The van der Waals surface area contributed by atoms with Crippen molar-refractivity contribution >= 4 is 19.1 Å². The molecule has 155 valence electrons. The maximum atomic E-state index is 6.36. The molecule has 0 unspecified atom stereocenters. The van der Waals surface area contributed by atoms with Crippen molar-refractivity contribution < 1.29 is 14.1 Å². The fraction of sp³-hybridized carbons (Fsp3) is 0.636. The van der Waals surface area contributed by atoms with E-state index in [2.05, 4.69) is 11.8 Å². The van der Waals surface area contributed by atoms with Crippen LogP contribution < -0.4 is 0 Å². The number of nitrogens with zero attached hydrogens (tertiary/aromatic N) is 1. The van der Waals surface area contributed by atoms with Crippen LogP contribution in [0.15, 0.2) is 36.2 Å². The molecule has 0 bridgehead atoms. The van der Waals surface area contributed by atoms with Crippen LogP contribution in [0.2, 0.25) is 5.02 Å². The van der Waals surface area contributed by atoms with Crippen LogP contribution in [0.1, 0.15) is 61.0 Å². The van der Waals surface area contributed by atoms with E-state index < -0.39 is 16.6 Å². The molecule has 28 heavy (non-hydrogen) atoms. The first-order valence-electron chi connectivity index (χ1n) is 9.73. The van der Waals surface area contributed by atoms with E-state index in [9.17, 15) is 0 Å². The van der Waals surface area contributed by atoms with Crippen molar-refractivity contribution in [2.75, 3.05) is 13.7 Å². The Morgan fingerprint density at radius 3 is 2.14 bits per heavy atom. The summed E-state index contributed by atoms with van der Waals surface area (Å²) in [6, 6.07) is 7.84. The van der Waals surface area contributed by atoms with E-state index in [4.69, 9.17) is 25.7 Å². The summed E-state index contributed by atoms with van der Waals surface area (Å²) < 4.78 is 18.8. The Morgan fingerprint density at radius 1 is 1.04 bits per heavy atom. The van der Waals surface area contributed by atoms with Crippen LogP contribution in [0.4, 0.5) is 0 Å². The highest BCUT2D eigenvalue weighted by atomic mass is 35.5. The first-order valence-corrected chi connectivity index (χ1v) is 10.1. The number of halogens is 1. The Bertz CT molecular complexity index is 709. The summed E-state index contributed by atoms with van der Waals surface area (Å²) in [4.78, 5) is 2.08. The minimum absolute atomic E-state index is 0.346. The van der Waals surface area contributed by atoms with Crippen LogP contribution >= 0.6 is 11.6 Å². The maximum absolute atomic E-state index is 6.36. The van der Waals surface area contributed by atoms with Crippen LogP contribution in [0.25, 0.3) is 0 Å². The monoisotopic (exact) mass is 406 g/mol. The standard InChI is InChI=1S/C22H34BClNO3/c1-19(2,3)27-18-14-15-26-20(4,5)21(6,7)28-23-22(8,25(18)9)16-10-12-17(24)13-11-16/h10-14H,15H2,1-9H3/b18-14+/t22-/m1/s1. The van der Waals surface area contributed by atoms with Crippen LogP contribution in [0, 0.1) is 0 Å². The third-order valence-corrected chi connectivity index (χ3v) is 5.85. The molecule has 1 heterocycles. The minimum atomic E-state index is -0.577. The van der Waals surface area contributed by atoms with Crippen molar-refractivity contribution in [1.82, 2.24) is 4.90 Å². The SMILES string of the molecule is CN1/C(OC(C)(C)C)=C\COC(C)(C)C(C)(C)O[B][C@@]1(C)c1ccc(Cl)cc1. The van der Waals surface area contributed by atoms with E-state index in [1.165, 1.54) is 0 Å². The number of hydrogen-bond donors (Lipinski definition) is 0.